The van der Waals surface area contributed by atoms with E-state index in [1.54, 1.807) is 24.2 Å². The van der Waals surface area contributed by atoms with E-state index < -0.39 is 0 Å². The molecule has 0 spiro atoms. The van der Waals surface area contributed by atoms with E-state index in [0.29, 0.717) is 0 Å². The second-order valence-corrected chi connectivity index (χ2v) is 11.8. The van der Waals surface area contributed by atoms with Crippen LogP contribution in [0.1, 0.15) is 77.6 Å². The standard InChI is InChI=1S/C21H25.C3H6.2ClH.Zr/c1-20(2,3)16-7-9-18-14(12-16)11-15-13-17(21(4,5)6)8-10-19(15)18;1-3-2;;;/h7-10,12H,11H2,1-6H3;1-2H3;2*1H;/q-1;;;;+2/p-2. The first-order valence-corrected chi connectivity index (χ1v) is 10.3. The Morgan fingerprint density at radius 2 is 1.37 bits per heavy atom. The van der Waals surface area contributed by atoms with E-state index in [0.717, 1.165) is 6.42 Å². The molecule has 1 aliphatic carbocycles. The maximum atomic E-state index is 3.67. The number of hydrogen-bond acceptors (Lipinski definition) is 0. The van der Waals surface area contributed by atoms with Crippen LogP contribution in [-0.4, -0.2) is 3.21 Å². The fourth-order valence-electron chi connectivity index (χ4n) is 3.03. The summed E-state index contributed by atoms with van der Waals surface area (Å²) in [5, 5.41) is 0. The molecule has 0 N–H and O–H groups in total. The molecule has 0 amide bonds. The number of benzene rings is 2. The zero-order valence-electron chi connectivity index (χ0n) is 17.8. The van der Waals surface area contributed by atoms with E-state index in [1.165, 1.54) is 36.6 Å². The second-order valence-electron chi connectivity index (χ2n) is 9.31. The van der Waals surface area contributed by atoms with E-state index in [-0.39, 0.29) is 35.6 Å². The molecule has 0 radical (unpaired) electrons. The molecule has 0 aromatic heterocycles. The first-order valence-electron chi connectivity index (χ1n) is 9.11. The van der Waals surface area contributed by atoms with Gasteiger partial charge in [-0.3, -0.25) is 0 Å². The molecule has 0 fully saturated rings. The van der Waals surface area contributed by atoms with Crippen molar-refractivity contribution in [3.8, 4) is 11.1 Å². The van der Waals surface area contributed by atoms with Crippen LogP contribution in [0.2, 0.25) is 0 Å². The molecule has 3 heteroatoms. The molecule has 2 aromatic carbocycles. The number of rotatable bonds is 0. The second kappa shape index (κ2) is 10.00. The normalized spacial score (nSPS) is 11.9. The molecule has 0 heterocycles. The van der Waals surface area contributed by atoms with Crippen LogP contribution in [0, 0.1) is 6.07 Å². The van der Waals surface area contributed by atoms with Gasteiger partial charge in [0.05, 0.1) is 0 Å². The molecule has 0 nitrogen and oxygen atoms in total. The van der Waals surface area contributed by atoms with Gasteiger partial charge in [0, 0.05) is 0 Å². The summed E-state index contributed by atoms with van der Waals surface area (Å²) in [7, 11) is 0. The summed E-state index contributed by atoms with van der Waals surface area (Å²) in [6.07, 6.45) is 1.03. The van der Waals surface area contributed by atoms with Gasteiger partial charge in [0.25, 0.3) is 0 Å². The number of fused-ring (bicyclic) bond motifs is 3. The van der Waals surface area contributed by atoms with Crippen molar-refractivity contribution in [3.05, 3.63) is 58.7 Å². The molecular formula is C24H31Cl2Zr-. The van der Waals surface area contributed by atoms with E-state index >= 15 is 0 Å². The maximum Gasteiger partial charge on any atom is -1.00 e. The molecule has 0 bridgehead atoms. The van der Waals surface area contributed by atoms with Crippen LogP contribution in [0.5, 0.6) is 0 Å². The van der Waals surface area contributed by atoms with Crippen LogP contribution in [0.25, 0.3) is 11.1 Å². The Kier molecular flexibility index (Phi) is 9.91. The van der Waals surface area contributed by atoms with Crippen molar-refractivity contribution in [1.29, 1.82) is 0 Å². The summed E-state index contributed by atoms with van der Waals surface area (Å²) in [5.41, 5.74) is 8.70. The van der Waals surface area contributed by atoms with E-state index in [2.05, 4.69) is 91.8 Å². The molecule has 0 saturated heterocycles. The van der Waals surface area contributed by atoms with Gasteiger partial charge >= 0.3 is 41.3 Å². The minimum absolute atomic E-state index is 0. The summed E-state index contributed by atoms with van der Waals surface area (Å²) in [5.74, 6) is 0. The maximum absolute atomic E-state index is 3.67. The van der Waals surface area contributed by atoms with Gasteiger partial charge < -0.3 is 24.8 Å². The molecule has 146 valence electrons. The molecular weight excluding hydrogens is 450 g/mol. The first-order chi connectivity index (χ1) is 11.4. The third kappa shape index (κ3) is 6.95. The van der Waals surface area contributed by atoms with Crippen LogP contribution in [-0.2, 0) is 41.5 Å². The minimum atomic E-state index is 0. The number of hydrogen-bond donors (Lipinski definition) is 0. The summed E-state index contributed by atoms with van der Waals surface area (Å²) < 4.78 is 1.51. The molecule has 0 aliphatic heterocycles. The SMILES string of the molecule is CC(C)(C)c1[c-]c2c(cc1)-c1ccc(C(C)(C)C)cc1C2.C[C](C)=[Zr+2].[Cl-].[Cl-]. The predicted octanol–water partition coefficient (Wildman–Crippen LogP) is 0.406. The molecule has 2 aromatic rings. The average Bonchev–Trinajstić information content (AvgIpc) is 2.81. The molecule has 1 aliphatic rings. The van der Waals surface area contributed by atoms with Gasteiger partial charge in [-0.1, -0.05) is 65.3 Å². The van der Waals surface area contributed by atoms with Crippen molar-refractivity contribution in [2.24, 2.45) is 0 Å². The minimum Gasteiger partial charge on any atom is -1.00 e. The third-order valence-electron chi connectivity index (χ3n) is 4.46. The summed E-state index contributed by atoms with van der Waals surface area (Å²) in [6, 6.07) is 15.2. The van der Waals surface area contributed by atoms with Gasteiger partial charge in [-0.05, 0) is 28.4 Å². The largest absolute Gasteiger partial charge is 1.00 e. The smallest absolute Gasteiger partial charge is 1.00 e. The van der Waals surface area contributed by atoms with Gasteiger partial charge in [0.15, 0.2) is 0 Å². The van der Waals surface area contributed by atoms with Crippen LogP contribution in [0.3, 0.4) is 0 Å². The molecule has 0 atom stereocenters. The Hall–Kier alpha value is -0.227. The Morgan fingerprint density at radius 1 is 0.852 bits per heavy atom. The van der Waals surface area contributed by atoms with Gasteiger partial charge in [-0.2, -0.15) is 23.8 Å². The Bertz CT molecular complexity index is 728. The van der Waals surface area contributed by atoms with E-state index in [9.17, 15) is 0 Å². The topological polar surface area (TPSA) is 0 Å². The van der Waals surface area contributed by atoms with Gasteiger partial charge in [-0.25, -0.2) is 0 Å². The molecule has 3 rings (SSSR count). The van der Waals surface area contributed by atoms with Crippen molar-refractivity contribution in [1.82, 2.24) is 0 Å². The van der Waals surface area contributed by atoms with Crippen molar-refractivity contribution in [3.63, 3.8) is 0 Å². The van der Waals surface area contributed by atoms with E-state index in [4.69, 9.17) is 0 Å². The van der Waals surface area contributed by atoms with Gasteiger partial charge in [0.1, 0.15) is 0 Å². The monoisotopic (exact) mass is 479 g/mol. The Labute approximate surface area is 193 Å². The van der Waals surface area contributed by atoms with E-state index in [1.807, 2.05) is 0 Å². The van der Waals surface area contributed by atoms with Crippen molar-refractivity contribution in [2.45, 2.75) is 72.6 Å². The average molecular weight is 482 g/mol. The van der Waals surface area contributed by atoms with Crippen molar-refractivity contribution < 1.29 is 49.0 Å². The van der Waals surface area contributed by atoms with Crippen molar-refractivity contribution >= 4 is 3.21 Å². The van der Waals surface area contributed by atoms with Gasteiger partial charge in [0.2, 0.25) is 0 Å². The Balaban J connectivity index is 0.00000103. The van der Waals surface area contributed by atoms with Crippen LogP contribution < -0.4 is 24.8 Å². The third-order valence-corrected chi connectivity index (χ3v) is 4.46. The zero-order valence-corrected chi connectivity index (χ0v) is 21.8. The zero-order chi connectivity index (χ0) is 19.0. The summed E-state index contributed by atoms with van der Waals surface area (Å²) >= 11 is 1.55. The molecule has 27 heavy (non-hydrogen) atoms. The Morgan fingerprint density at radius 3 is 1.85 bits per heavy atom. The van der Waals surface area contributed by atoms with Crippen molar-refractivity contribution in [2.75, 3.05) is 0 Å². The molecule has 0 saturated carbocycles. The number of halogens is 2. The van der Waals surface area contributed by atoms with Crippen LogP contribution >= 0.6 is 0 Å². The van der Waals surface area contributed by atoms with Crippen LogP contribution in [0.4, 0.5) is 0 Å². The summed E-state index contributed by atoms with van der Waals surface area (Å²) in [4.78, 5) is 0. The fraction of sp³-hybridized carbons (Fsp3) is 0.458. The molecule has 0 unspecified atom stereocenters. The fourth-order valence-corrected chi connectivity index (χ4v) is 3.03. The quantitative estimate of drug-likeness (QED) is 0.408. The first kappa shape index (κ1) is 26.8. The van der Waals surface area contributed by atoms with Crippen LogP contribution in [0.15, 0.2) is 30.3 Å². The summed E-state index contributed by atoms with van der Waals surface area (Å²) in [6.45, 7) is 17.8. The van der Waals surface area contributed by atoms with Gasteiger partial charge in [-0.15, -0.1) is 11.1 Å². The predicted molar refractivity (Wildman–Crippen MR) is 107 cm³/mol.